The van der Waals surface area contributed by atoms with Crippen LogP contribution in [-0.2, 0) is 9.53 Å². The first-order chi connectivity index (χ1) is 9.23. The largest absolute Gasteiger partial charge is 0.497 e. The number of carbonyl (C=O) groups is 1. The van der Waals surface area contributed by atoms with Crippen molar-refractivity contribution < 1.29 is 14.3 Å². The van der Waals surface area contributed by atoms with Crippen molar-refractivity contribution in [2.24, 2.45) is 0 Å². The molecule has 3 nitrogen and oxygen atoms in total. The minimum atomic E-state index is -0.476. The Kier molecular flexibility index (Phi) is 3.05. The van der Waals surface area contributed by atoms with Gasteiger partial charge in [-0.2, -0.15) is 0 Å². The maximum Gasteiger partial charge on any atom is 0.240 e. The fourth-order valence-electron chi connectivity index (χ4n) is 2.88. The van der Waals surface area contributed by atoms with Crippen LogP contribution in [0.5, 0.6) is 5.75 Å². The number of methoxy groups -OCH3 is 1. The van der Waals surface area contributed by atoms with Crippen LogP contribution in [0.4, 0.5) is 0 Å². The summed E-state index contributed by atoms with van der Waals surface area (Å²) in [7, 11) is 1.64. The van der Waals surface area contributed by atoms with Crippen molar-refractivity contribution >= 4 is 11.9 Å². The molecule has 0 unspecified atom stereocenters. The standard InChI is InChI=1S/C16H18O3/c1-18-13-7-5-12(6-8-13)11-14-15(17)16(19-14)9-3-2-4-10-16/h5-8,11H,2-4,9-10H2,1H3/b14-11+. The predicted octanol–water partition coefficient (Wildman–Crippen LogP) is 3.34. The minimum absolute atomic E-state index is 0.183. The normalized spacial score (nSPS) is 23.0. The Morgan fingerprint density at radius 1 is 1.16 bits per heavy atom. The molecule has 0 N–H and O–H groups in total. The molecule has 1 aromatic carbocycles. The van der Waals surface area contributed by atoms with E-state index in [1.807, 2.05) is 30.3 Å². The van der Waals surface area contributed by atoms with Crippen molar-refractivity contribution in [3.8, 4) is 5.75 Å². The van der Waals surface area contributed by atoms with Gasteiger partial charge in [0.15, 0.2) is 11.4 Å². The summed E-state index contributed by atoms with van der Waals surface area (Å²) < 4.78 is 10.9. The molecule has 1 heterocycles. The van der Waals surface area contributed by atoms with E-state index in [4.69, 9.17) is 9.47 Å². The van der Waals surface area contributed by atoms with Gasteiger partial charge in [-0.05, 0) is 49.5 Å². The van der Waals surface area contributed by atoms with Gasteiger partial charge >= 0.3 is 0 Å². The number of ether oxygens (including phenoxy) is 2. The Morgan fingerprint density at radius 3 is 2.42 bits per heavy atom. The predicted molar refractivity (Wildman–Crippen MR) is 72.9 cm³/mol. The molecule has 1 aromatic rings. The van der Waals surface area contributed by atoms with Crippen molar-refractivity contribution in [2.45, 2.75) is 37.7 Å². The monoisotopic (exact) mass is 258 g/mol. The van der Waals surface area contributed by atoms with E-state index in [1.165, 1.54) is 6.42 Å². The molecule has 2 fully saturated rings. The zero-order chi connectivity index (χ0) is 13.3. The summed E-state index contributed by atoms with van der Waals surface area (Å²) in [5.74, 6) is 1.50. The van der Waals surface area contributed by atoms with Crippen LogP contribution in [0.25, 0.3) is 6.08 Å². The summed E-state index contributed by atoms with van der Waals surface area (Å²) in [5.41, 5.74) is 0.492. The maximum absolute atomic E-state index is 12.2. The zero-order valence-electron chi connectivity index (χ0n) is 11.1. The van der Waals surface area contributed by atoms with E-state index in [9.17, 15) is 4.79 Å². The molecule has 2 aliphatic rings. The van der Waals surface area contributed by atoms with E-state index in [0.717, 1.165) is 37.0 Å². The summed E-state index contributed by atoms with van der Waals surface area (Å²) in [5, 5.41) is 0. The topological polar surface area (TPSA) is 35.5 Å². The second kappa shape index (κ2) is 4.72. The van der Waals surface area contributed by atoms with Crippen molar-refractivity contribution in [2.75, 3.05) is 7.11 Å². The zero-order valence-corrected chi connectivity index (χ0v) is 11.1. The smallest absolute Gasteiger partial charge is 0.240 e. The lowest BCUT2D eigenvalue weighted by molar-refractivity contribution is -0.165. The molecule has 100 valence electrons. The number of benzene rings is 1. The molecule has 1 aliphatic carbocycles. The molecule has 0 aromatic heterocycles. The van der Waals surface area contributed by atoms with Gasteiger partial charge in [-0.15, -0.1) is 0 Å². The lowest BCUT2D eigenvalue weighted by Crippen LogP contribution is -2.53. The number of Topliss-reactive ketones (excluding diaryl/α,β-unsaturated/α-hetero) is 1. The van der Waals surface area contributed by atoms with E-state index < -0.39 is 5.60 Å². The number of hydrogen-bond acceptors (Lipinski definition) is 3. The summed E-state index contributed by atoms with van der Waals surface area (Å²) in [6.07, 6.45) is 7.00. The van der Waals surface area contributed by atoms with E-state index in [2.05, 4.69) is 0 Å². The third kappa shape index (κ3) is 2.14. The summed E-state index contributed by atoms with van der Waals surface area (Å²) in [6.45, 7) is 0. The highest BCUT2D eigenvalue weighted by Crippen LogP contribution is 2.43. The van der Waals surface area contributed by atoms with Gasteiger partial charge in [-0.25, -0.2) is 0 Å². The average Bonchev–Trinajstić information content (AvgIpc) is 2.48. The van der Waals surface area contributed by atoms with E-state index >= 15 is 0 Å². The molecule has 19 heavy (non-hydrogen) atoms. The Hall–Kier alpha value is -1.77. The molecule has 1 spiro atoms. The maximum atomic E-state index is 12.2. The Labute approximate surface area is 113 Å². The molecule has 0 amide bonds. The highest BCUT2D eigenvalue weighted by atomic mass is 16.5. The quantitative estimate of drug-likeness (QED) is 0.763. The van der Waals surface area contributed by atoms with Gasteiger partial charge in [0, 0.05) is 0 Å². The lowest BCUT2D eigenvalue weighted by Gasteiger charge is -2.44. The molecule has 0 atom stereocenters. The van der Waals surface area contributed by atoms with Gasteiger partial charge in [0.1, 0.15) is 5.75 Å². The van der Waals surface area contributed by atoms with Crippen molar-refractivity contribution in [3.05, 3.63) is 35.6 Å². The average molecular weight is 258 g/mol. The van der Waals surface area contributed by atoms with Crippen LogP contribution < -0.4 is 4.74 Å². The van der Waals surface area contributed by atoms with Gasteiger partial charge in [-0.1, -0.05) is 18.6 Å². The number of hydrogen-bond donors (Lipinski definition) is 0. The van der Waals surface area contributed by atoms with E-state index in [0.29, 0.717) is 5.76 Å². The molecule has 0 bridgehead atoms. The summed E-state index contributed by atoms with van der Waals surface area (Å²) in [6, 6.07) is 7.61. The Balaban J connectivity index is 1.73. The minimum Gasteiger partial charge on any atom is -0.497 e. The fourth-order valence-corrected chi connectivity index (χ4v) is 2.88. The number of carbonyl (C=O) groups excluding carboxylic acids is 1. The molecule has 3 heteroatoms. The third-order valence-electron chi connectivity index (χ3n) is 4.02. The Morgan fingerprint density at radius 2 is 1.84 bits per heavy atom. The first-order valence-corrected chi connectivity index (χ1v) is 6.83. The van der Waals surface area contributed by atoms with Gasteiger partial charge < -0.3 is 9.47 Å². The van der Waals surface area contributed by atoms with Crippen LogP contribution in [0.1, 0.15) is 37.7 Å². The van der Waals surface area contributed by atoms with Crippen LogP contribution in [0.3, 0.4) is 0 Å². The molecule has 1 saturated carbocycles. The van der Waals surface area contributed by atoms with Gasteiger partial charge in [-0.3, -0.25) is 4.79 Å². The molecule has 0 radical (unpaired) electrons. The molecular formula is C16H18O3. The van der Waals surface area contributed by atoms with Gasteiger partial charge in [0.25, 0.3) is 0 Å². The molecule has 1 saturated heterocycles. The highest BCUT2D eigenvalue weighted by molar-refractivity contribution is 6.08. The molecule has 3 rings (SSSR count). The highest BCUT2D eigenvalue weighted by Gasteiger charge is 2.52. The second-order valence-electron chi connectivity index (χ2n) is 5.27. The number of ketones is 1. The lowest BCUT2D eigenvalue weighted by atomic mass is 9.77. The van der Waals surface area contributed by atoms with Crippen molar-refractivity contribution in [3.63, 3.8) is 0 Å². The van der Waals surface area contributed by atoms with Gasteiger partial charge in [0.05, 0.1) is 7.11 Å². The fraction of sp³-hybridized carbons (Fsp3) is 0.438. The third-order valence-corrected chi connectivity index (χ3v) is 4.02. The Bertz CT molecular complexity index is 507. The van der Waals surface area contributed by atoms with E-state index in [1.54, 1.807) is 7.11 Å². The van der Waals surface area contributed by atoms with E-state index in [-0.39, 0.29) is 5.78 Å². The SMILES string of the molecule is COc1ccc(/C=C2/OC3(CCCCC3)C2=O)cc1. The van der Waals surface area contributed by atoms with Crippen LogP contribution in [0, 0.1) is 0 Å². The van der Waals surface area contributed by atoms with Gasteiger partial charge in [0.2, 0.25) is 5.78 Å². The van der Waals surface area contributed by atoms with Crippen molar-refractivity contribution in [1.82, 2.24) is 0 Å². The second-order valence-corrected chi connectivity index (χ2v) is 5.27. The van der Waals surface area contributed by atoms with Crippen LogP contribution in [0.2, 0.25) is 0 Å². The first-order valence-electron chi connectivity index (χ1n) is 6.83. The first kappa shape index (κ1) is 12.3. The summed E-state index contributed by atoms with van der Waals surface area (Å²) in [4.78, 5) is 12.2. The van der Waals surface area contributed by atoms with Crippen LogP contribution in [0.15, 0.2) is 30.0 Å². The summed E-state index contributed by atoms with van der Waals surface area (Å²) >= 11 is 0. The molecule has 1 aliphatic heterocycles. The van der Waals surface area contributed by atoms with Crippen LogP contribution in [-0.4, -0.2) is 18.5 Å². The number of rotatable bonds is 2. The molecular weight excluding hydrogens is 240 g/mol. The van der Waals surface area contributed by atoms with Crippen molar-refractivity contribution in [1.29, 1.82) is 0 Å². The van der Waals surface area contributed by atoms with Crippen LogP contribution >= 0.6 is 0 Å².